The molecule has 1 N–H and O–H groups in total. The van der Waals surface area contributed by atoms with Gasteiger partial charge in [-0.25, -0.2) is 8.42 Å². The molecule has 3 fully saturated rings. The Morgan fingerprint density at radius 2 is 2.00 bits per heavy atom. The van der Waals surface area contributed by atoms with Crippen LogP contribution in [0, 0.1) is 5.92 Å². The third kappa shape index (κ3) is 3.87. The van der Waals surface area contributed by atoms with Crippen molar-refractivity contribution in [3.05, 3.63) is 0 Å². The molecule has 0 aromatic heterocycles. The van der Waals surface area contributed by atoms with E-state index in [0.717, 1.165) is 25.1 Å². The molecule has 2 aliphatic heterocycles. The highest BCUT2D eigenvalue weighted by Crippen LogP contribution is 2.31. The van der Waals surface area contributed by atoms with Gasteiger partial charge in [0.1, 0.15) is 0 Å². The Morgan fingerprint density at radius 1 is 1.25 bits per heavy atom. The summed E-state index contributed by atoms with van der Waals surface area (Å²) in [6, 6.07) is 0.848. The fourth-order valence-corrected chi connectivity index (χ4v) is 5.11. The quantitative estimate of drug-likeness (QED) is 0.600. The number of hydrogen-bond donors (Lipinski definition) is 1. The van der Waals surface area contributed by atoms with Gasteiger partial charge >= 0.3 is 0 Å². The zero-order valence-electron chi connectivity index (χ0n) is 15.3. The third-order valence-electron chi connectivity index (χ3n) is 5.56. The molecule has 0 spiro atoms. The van der Waals surface area contributed by atoms with Gasteiger partial charge in [0, 0.05) is 38.8 Å². The second-order valence-corrected chi connectivity index (χ2v) is 10.8. The van der Waals surface area contributed by atoms with Crippen LogP contribution in [-0.4, -0.2) is 80.0 Å². The van der Waals surface area contributed by atoms with Crippen molar-refractivity contribution < 1.29 is 8.42 Å². The molecule has 2 heterocycles. The normalized spacial score (nSPS) is 30.5. The van der Waals surface area contributed by atoms with Crippen molar-refractivity contribution in [3.63, 3.8) is 0 Å². The molecule has 24 heavy (non-hydrogen) atoms. The monoisotopic (exact) mass is 356 g/mol. The van der Waals surface area contributed by atoms with Gasteiger partial charge in [0.2, 0.25) is 0 Å². The maximum atomic E-state index is 12.2. The summed E-state index contributed by atoms with van der Waals surface area (Å²) >= 11 is 0. The predicted molar refractivity (Wildman–Crippen MR) is 98.1 cm³/mol. The van der Waals surface area contributed by atoms with E-state index in [-0.39, 0.29) is 5.75 Å². The minimum atomic E-state index is -3.01. The van der Waals surface area contributed by atoms with Crippen LogP contribution in [0.25, 0.3) is 0 Å². The lowest BCUT2D eigenvalue weighted by atomic mass is 10.1. The Morgan fingerprint density at radius 3 is 2.62 bits per heavy atom. The van der Waals surface area contributed by atoms with Gasteiger partial charge in [-0.1, -0.05) is 0 Å². The molecule has 0 amide bonds. The number of sulfone groups is 1. The van der Waals surface area contributed by atoms with Crippen molar-refractivity contribution in [2.75, 3.05) is 45.0 Å². The molecule has 138 valence electrons. The zero-order valence-corrected chi connectivity index (χ0v) is 16.1. The summed E-state index contributed by atoms with van der Waals surface area (Å²) in [7, 11) is -3.01. The minimum absolute atomic E-state index is 0.212. The van der Waals surface area contributed by atoms with E-state index in [1.807, 2.05) is 13.8 Å². The Labute approximate surface area is 146 Å². The molecule has 1 aliphatic carbocycles. The lowest BCUT2D eigenvalue weighted by molar-refractivity contribution is 0.314. The average molecular weight is 357 g/mol. The van der Waals surface area contributed by atoms with E-state index >= 15 is 0 Å². The van der Waals surface area contributed by atoms with Gasteiger partial charge in [0.05, 0.1) is 10.5 Å². The maximum Gasteiger partial charge on any atom is 0.194 e. The van der Waals surface area contributed by atoms with E-state index in [1.165, 1.54) is 32.4 Å². The van der Waals surface area contributed by atoms with Crippen LogP contribution in [-0.2, 0) is 9.84 Å². The minimum Gasteiger partial charge on any atom is -0.357 e. The number of aliphatic imine (C=N–C) groups is 1. The molecule has 3 rings (SSSR count). The molecule has 2 saturated heterocycles. The van der Waals surface area contributed by atoms with Crippen LogP contribution in [0.4, 0.5) is 0 Å². The van der Waals surface area contributed by atoms with Crippen molar-refractivity contribution in [2.45, 2.75) is 50.8 Å². The molecule has 1 atom stereocenters. The van der Waals surface area contributed by atoms with Gasteiger partial charge in [-0.3, -0.25) is 4.99 Å². The summed E-state index contributed by atoms with van der Waals surface area (Å²) in [6.45, 7) is 10.8. The molecule has 1 unspecified atom stereocenters. The Balaban J connectivity index is 1.61. The van der Waals surface area contributed by atoms with Gasteiger partial charge in [0.25, 0.3) is 0 Å². The number of likely N-dealkylation sites (tertiary alicyclic amines) is 1. The number of guanidine groups is 1. The Kier molecular flexibility index (Phi) is 5.12. The standard InChI is InChI=1S/C17H32N4O2S/c1-4-18-16(21-9-10-24(22,23)17(2,3)13-21)19-11-14-7-8-20(12-14)15-5-6-15/h14-15H,4-13H2,1-3H3,(H,18,19). The van der Waals surface area contributed by atoms with Crippen LogP contribution in [0.2, 0.25) is 0 Å². The van der Waals surface area contributed by atoms with E-state index in [2.05, 4.69) is 22.0 Å². The highest BCUT2D eigenvalue weighted by molar-refractivity contribution is 7.92. The molecule has 7 heteroatoms. The van der Waals surface area contributed by atoms with Gasteiger partial charge < -0.3 is 15.1 Å². The SMILES string of the molecule is CCNC(=NCC1CCN(C2CC2)C1)N1CCS(=O)(=O)C(C)(C)C1. The van der Waals surface area contributed by atoms with Crippen molar-refractivity contribution >= 4 is 15.8 Å². The first kappa shape index (κ1) is 18.0. The first-order valence-electron chi connectivity index (χ1n) is 9.32. The highest BCUT2D eigenvalue weighted by Gasteiger charge is 2.41. The average Bonchev–Trinajstić information content (AvgIpc) is 3.26. The van der Waals surface area contributed by atoms with Crippen LogP contribution in [0.15, 0.2) is 4.99 Å². The van der Waals surface area contributed by atoms with Crippen LogP contribution >= 0.6 is 0 Å². The van der Waals surface area contributed by atoms with Crippen molar-refractivity contribution in [1.29, 1.82) is 0 Å². The summed E-state index contributed by atoms with van der Waals surface area (Å²) in [4.78, 5) is 9.59. The molecule has 3 aliphatic rings. The number of nitrogens with zero attached hydrogens (tertiary/aromatic N) is 3. The topological polar surface area (TPSA) is 65.0 Å². The lowest BCUT2D eigenvalue weighted by Gasteiger charge is -2.39. The first-order valence-corrected chi connectivity index (χ1v) is 11.0. The van der Waals surface area contributed by atoms with Crippen LogP contribution in [0.5, 0.6) is 0 Å². The fourth-order valence-electron chi connectivity index (χ4n) is 3.75. The van der Waals surface area contributed by atoms with E-state index < -0.39 is 14.6 Å². The molecule has 0 aromatic carbocycles. The molecular formula is C17H32N4O2S. The number of hydrogen-bond acceptors (Lipinski definition) is 4. The summed E-state index contributed by atoms with van der Waals surface area (Å²) in [5.74, 6) is 1.73. The fraction of sp³-hybridized carbons (Fsp3) is 0.941. The molecule has 0 radical (unpaired) electrons. The summed E-state index contributed by atoms with van der Waals surface area (Å²) in [5, 5.41) is 3.36. The third-order valence-corrected chi connectivity index (χ3v) is 8.09. The van der Waals surface area contributed by atoms with Crippen molar-refractivity contribution in [2.24, 2.45) is 10.9 Å². The zero-order chi connectivity index (χ0) is 17.4. The molecule has 1 saturated carbocycles. The van der Waals surface area contributed by atoms with Gasteiger partial charge in [-0.05, 0) is 52.5 Å². The van der Waals surface area contributed by atoms with Gasteiger partial charge in [-0.2, -0.15) is 0 Å². The van der Waals surface area contributed by atoms with E-state index in [1.54, 1.807) is 0 Å². The number of rotatable bonds is 4. The molecule has 0 bridgehead atoms. The first-order chi connectivity index (χ1) is 11.3. The van der Waals surface area contributed by atoms with Crippen molar-refractivity contribution in [3.8, 4) is 0 Å². The largest absolute Gasteiger partial charge is 0.357 e. The molecule has 6 nitrogen and oxygen atoms in total. The number of nitrogens with one attached hydrogen (secondary N) is 1. The van der Waals surface area contributed by atoms with E-state index in [0.29, 0.717) is 19.0 Å². The van der Waals surface area contributed by atoms with Crippen molar-refractivity contribution in [1.82, 2.24) is 15.1 Å². The Bertz CT molecular complexity index is 583. The smallest absolute Gasteiger partial charge is 0.194 e. The second kappa shape index (κ2) is 6.83. The lowest BCUT2D eigenvalue weighted by Crippen LogP contribution is -2.57. The van der Waals surface area contributed by atoms with Crippen LogP contribution in [0.1, 0.15) is 40.0 Å². The van der Waals surface area contributed by atoms with Gasteiger partial charge in [0.15, 0.2) is 15.8 Å². The summed E-state index contributed by atoms with van der Waals surface area (Å²) in [5.41, 5.74) is 0. The van der Waals surface area contributed by atoms with Crippen LogP contribution < -0.4 is 5.32 Å². The molecular weight excluding hydrogens is 324 g/mol. The highest BCUT2D eigenvalue weighted by atomic mass is 32.2. The maximum absolute atomic E-state index is 12.2. The Hall–Kier alpha value is -0.820. The summed E-state index contributed by atoms with van der Waals surface area (Å²) < 4.78 is 23.7. The van der Waals surface area contributed by atoms with E-state index in [4.69, 9.17) is 4.99 Å². The molecule has 0 aromatic rings. The second-order valence-electron chi connectivity index (χ2n) is 8.08. The van der Waals surface area contributed by atoms with E-state index in [9.17, 15) is 8.42 Å². The van der Waals surface area contributed by atoms with Crippen LogP contribution in [0.3, 0.4) is 0 Å². The van der Waals surface area contributed by atoms with Gasteiger partial charge in [-0.15, -0.1) is 0 Å². The summed E-state index contributed by atoms with van der Waals surface area (Å²) in [6.07, 6.45) is 3.98. The predicted octanol–water partition coefficient (Wildman–Crippen LogP) is 0.945.